The number of sulfonamides is 1. The fourth-order valence-electron chi connectivity index (χ4n) is 2.98. The number of pyridine rings is 1. The Morgan fingerprint density at radius 3 is 2.45 bits per heavy atom. The van der Waals surface area contributed by atoms with Gasteiger partial charge in [0.25, 0.3) is 0 Å². The van der Waals surface area contributed by atoms with Crippen LogP contribution in [0.5, 0.6) is 0 Å². The second kappa shape index (κ2) is 7.44. The summed E-state index contributed by atoms with van der Waals surface area (Å²) < 4.78 is 25.0. The van der Waals surface area contributed by atoms with Crippen LogP contribution in [0.3, 0.4) is 0 Å². The molecule has 2 aromatic carbocycles. The molecule has 0 atom stereocenters. The largest absolute Gasteiger partial charge is 0.290 e. The van der Waals surface area contributed by atoms with E-state index in [1.807, 2.05) is 43.3 Å². The number of halogens is 1. The van der Waals surface area contributed by atoms with Crippen LogP contribution in [-0.2, 0) is 10.0 Å². The number of aryl methyl sites for hydroxylation is 1. The van der Waals surface area contributed by atoms with Gasteiger partial charge in [0.05, 0.1) is 16.3 Å². The summed E-state index contributed by atoms with van der Waals surface area (Å²) >= 11 is 5.98. The van der Waals surface area contributed by atoms with Crippen LogP contribution in [0.2, 0.25) is 5.02 Å². The minimum Gasteiger partial charge on any atom is -0.290 e. The van der Waals surface area contributed by atoms with Crippen LogP contribution >= 0.6 is 11.6 Å². The maximum atomic E-state index is 11.6. The van der Waals surface area contributed by atoms with Gasteiger partial charge in [-0.05, 0) is 48.9 Å². The topological polar surface area (TPSA) is 90.9 Å². The number of hydrogen-bond donors (Lipinski definition) is 1. The molecule has 0 spiro atoms. The molecule has 29 heavy (non-hydrogen) atoms. The van der Waals surface area contributed by atoms with Gasteiger partial charge in [0.1, 0.15) is 12.1 Å². The van der Waals surface area contributed by atoms with Crippen LogP contribution in [-0.4, -0.2) is 23.0 Å². The molecule has 6 nitrogen and oxygen atoms in total. The summed E-state index contributed by atoms with van der Waals surface area (Å²) in [5, 5.41) is 5.90. The van der Waals surface area contributed by atoms with E-state index < -0.39 is 10.0 Å². The molecule has 0 fully saturated rings. The Bertz CT molecular complexity index is 1300. The summed E-state index contributed by atoms with van der Waals surface area (Å²) in [5.41, 5.74) is 4.10. The van der Waals surface area contributed by atoms with E-state index in [4.69, 9.17) is 21.7 Å². The third-order valence-corrected chi connectivity index (χ3v) is 5.56. The lowest BCUT2D eigenvalue weighted by atomic mass is 10.1. The van der Waals surface area contributed by atoms with E-state index in [1.165, 1.54) is 12.1 Å². The average molecular weight is 425 g/mol. The van der Waals surface area contributed by atoms with E-state index in [-0.39, 0.29) is 4.90 Å². The van der Waals surface area contributed by atoms with Gasteiger partial charge in [-0.3, -0.25) is 4.57 Å². The smallest absolute Gasteiger partial charge is 0.238 e. The molecule has 0 aliphatic heterocycles. The van der Waals surface area contributed by atoms with E-state index in [0.29, 0.717) is 22.1 Å². The summed E-state index contributed by atoms with van der Waals surface area (Å²) in [6.45, 7) is 2.00. The third-order valence-electron chi connectivity index (χ3n) is 4.40. The number of primary sulfonamides is 1. The Hall–Kier alpha value is -3.00. The van der Waals surface area contributed by atoms with Gasteiger partial charge in [-0.25, -0.2) is 23.5 Å². The number of rotatable bonds is 4. The molecule has 0 bridgehead atoms. The number of imidazole rings is 1. The normalized spacial score (nSPS) is 11.6. The van der Waals surface area contributed by atoms with Crippen molar-refractivity contribution in [2.75, 3.05) is 0 Å². The Balaban J connectivity index is 1.73. The SMILES string of the molecule is Cc1cc(-c2ccc(Cl)cc2)nc(-n2cnc(-c3cccc(S(N)(=O)=O)c3)c2)c1. The van der Waals surface area contributed by atoms with Crippen LogP contribution in [0.25, 0.3) is 28.3 Å². The number of hydrogen-bond acceptors (Lipinski definition) is 4. The van der Waals surface area contributed by atoms with Gasteiger partial charge in [-0.1, -0.05) is 35.9 Å². The van der Waals surface area contributed by atoms with E-state index in [2.05, 4.69) is 4.98 Å². The summed E-state index contributed by atoms with van der Waals surface area (Å²) in [4.78, 5) is 9.18. The van der Waals surface area contributed by atoms with Crippen molar-refractivity contribution in [3.8, 4) is 28.3 Å². The lowest BCUT2D eigenvalue weighted by Crippen LogP contribution is -2.11. The molecule has 0 saturated heterocycles. The summed E-state index contributed by atoms with van der Waals surface area (Å²) in [7, 11) is -3.78. The van der Waals surface area contributed by atoms with Crippen molar-refractivity contribution in [1.29, 1.82) is 0 Å². The molecule has 2 aromatic heterocycles. The van der Waals surface area contributed by atoms with Crippen molar-refractivity contribution in [2.24, 2.45) is 5.14 Å². The number of aromatic nitrogens is 3. The van der Waals surface area contributed by atoms with Gasteiger partial charge < -0.3 is 0 Å². The zero-order valence-electron chi connectivity index (χ0n) is 15.4. The number of benzene rings is 2. The first-order valence-electron chi connectivity index (χ1n) is 8.72. The van der Waals surface area contributed by atoms with Crippen molar-refractivity contribution < 1.29 is 8.42 Å². The quantitative estimate of drug-likeness (QED) is 0.531. The van der Waals surface area contributed by atoms with E-state index in [1.54, 1.807) is 29.2 Å². The van der Waals surface area contributed by atoms with Gasteiger partial charge in [0.15, 0.2) is 0 Å². The maximum absolute atomic E-state index is 11.6. The first-order chi connectivity index (χ1) is 13.8. The minimum atomic E-state index is -3.78. The van der Waals surface area contributed by atoms with Crippen molar-refractivity contribution in [3.63, 3.8) is 0 Å². The molecule has 0 aliphatic rings. The van der Waals surface area contributed by atoms with Gasteiger partial charge in [-0.2, -0.15) is 0 Å². The van der Waals surface area contributed by atoms with Crippen LogP contribution < -0.4 is 5.14 Å². The molecule has 0 aliphatic carbocycles. The van der Waals surface area contributed by atoms with Crippen molar-refractivity contribution >= 4 is 21.6 Å². The zero-order chi connectivity index (χ0) is 20.6. The predicted octanol–water partition coefficient (Wildman–Crippen LogP) is 4.21. The highest BCUT2D eigenvalue weighted by Crippen LogP contribution is 2.25. The lowest BCUT2D eigenvalue weighted by Gasteiger charge is -2.08. The fraction of sp³-hybridized carbons (Fsp3) is 0.0476. The molecule has 4 aromatic rings. The third kappa shape index (κ3) is 4.22. The van der Waals surface area contributed by atoms with Gasteiger partial charge in [-0.15, -0.1) is 0 Å². The Morgan fingerprint density at radius 2 is 1.72 bits per heavy atom. The molecule has 2 N–H and O–H groups in total. The van der Waals surface area contributed by atoms with Crippen molar-refractivity contribution in [1.82, 2.24) is 14.5 Å². The number of nitrogens with zero attached hydrogens (tertiary/aromatic N) is 3. The molecule has 8 heteroatoms. The monoisotopic (exact) mass is 424 g/mol. The van der Waals surface area contributed by atoms with Gasteiger partial charge in [0, 0.05) is 22.3 Å². The van der Waals surface area contributed by atoms with E-state index in [0.717, 1.165) is 16.8 Å². The molecule has 2 heterocycles. The number of nitrogens with two attached hydrogens (primary N) is 1. The second-order valence-electron chi connectivity index (χ2n) is 6.63. The van der Waals surface area contributed by atoms with Gasteiger partial charge >= 0.3 is 0 Å². The zero-order valence-corrected chi connectivity index (χ0v) is 17.0. The van der Waals surface area contributed by atoms with Gasteiger partial charge in [0.2, 0.25) is 10.0 Å². The second-order valence-corrected chi connectivity index (χ2v) is 8.63. The molecule has 0 saturated carbocycles. The van der Waals surface area contributed by atoms with Crippen LogP contribution in [0, 0.1) is 6.92 Å². The standard InChI is InChI=1S/C21H17ClN4O2S/c1-14-9-19(15-5-7-17(22)8-6-15)25-21(10-14)26-12-20(24-13-26)16-3-2-4-18(11-16)29(23,27)28/h2-13H,1H3,(H2,23,27,28). The van der Waals surface area contributed by atoms with Crippen LogP contribution in [0.15, 0.2) is 78.1 Å². The maximum Gasteiger partial charge on any atom is 0.238 e. The molecule has 146 valence electrons. The highest BCUT2D eigenvalue weighted by atomic mass is 35.5. The highest BCUT2D eigenvalue weighted by Gasteiger charge is 2.12. The molecule has 4 rings (SSSR count). The Labute approximate surface area is 173 Å². The highest BCUT2D eigenvalue weighted by molar-refractivity contribution is 7.89. The first-order valence-corrected chi connectivity index (χ1v) is 10.6. The van der Waals surface area contributed by atoms with Crippen LogP contribution in [0.4, 0.5) is 0 Å². The van der Waals surface area contributed by atoms with Crippen molar-refractivity contribution in [2.45, 2.75) is 11.8 Å². The molecular weight excluding hydrogens is 408 g/mol. The summed E-state index contributed by atoms with van der Waals surface area (Å²) in [6.07, 6.45) is 3.45. The molecule has 0 amide bonds. The Morgan fingerprint density at radius 1 is 0.966 bits per heavy atom. The van der Waals surface area contributed by atoms with E-state index >= 15 is 0 Å². The molecular formula is C21H17ClN4O2S. The Kier molecular flexibility index (Phi) is 4.96. The average Bonchev–Trinajstić information content (AvgIpc) is 3.18. The fourth-order valence-corrected chi connectivity index (χ4v) is 3.66. The minimum absolute atomic E-state index is 0.0447. The van der Waals surface area contributed by atoms with Crippen molar-refractivity contribution in [3.05, 3.63) is 83.8 Å². The summed E-state index contributed by atoms with van der Waals surface area (Å²) in [6, 6.07) is 17.8. The molecule has 0 radical (unpaired) electrons. The molecule has 0 unspecified atom stereocenters. The van der Waals surface area contributed by atoms with E-state index in [9.17, 15) is 8.42 Å². The summed E-state index contributed by atoms with van der Waals surface area (Å²) in [5.74, 6) is 0.705. The predicted molar refractivity (Wildman–Crippen MR) is 113 cm³/mol. The lowest BCUT2D eigenvalue weighted by molar-refractivity contribution is 0.598. The van der Waals surface area contributed by atoms with Crippen LogP contribution in [0.1, 0.15) is 5.56 Å². The first kappa shape index (κ1) is 19.3.